The molecule has 140 valence electrons. The topological polar surface area (TPSA) is 28.5 Å². The Morgan fingerprint density at radius 3 is 2.81 bits per heavy atom. The molecule has 1 saturated carbocycles. The van der Waals surface area contributed by atoms with Crippen molar-refractivity contribution in [3.8, 4) is 0 Å². The summed E-state index contributed by atoms with van der Waals surface area (Å²) in [6.07, 6.45) is 7.10. The largest absolute Gasteiger partial charge is 0.341 e. The Hall–Kier alpha value is -1.52. The number of hydrogen-bond acceptors (Lipinski definition) is 2. The predicted molar refractivity (Wildman–Crippen MR) is 107 cm³/mol. The first-order valence-electron chi connectivity index (χ1n) is 9.78. The van der Waals surface area contributed by atoms with Gasteiger partial charge < -0.3 is 14.4 Å². The number of aromatic nitrogens is 1. The van der Waals surface area contributed by atoms with E-state index in [9.17, 15) is 4.79 Å². The molecule has 26 heavy (non-hydrogen) atoms. The molecule has 0 spiro atoms. The van der Waals surface area contributed by atoms with Gasteiger partial charge in [-0.3, -0.25) is 4.79 Å². The molecule has 0 bridgehead atoms. The normalized spacial score (nSPS) is 18.9. The average molecular weight is 374 g/mol. The second kappa shape index (κ2) is 7.24. The molecule has 1 aromatic heterocycles. The first-order chi connectivity index (χ1) is 12.5. The first-order valence-corrected chi connectivity index (χ1v) is 10.2. The summed E-state index contributed by atoms with van der Waals surface area (Å²) < 4.78 is 2.23. The van der Waals surface area contributed by atoms with Crippen molar-refractivity contribution in [1.82, 2.24) is 14.4 Å². The molecule has 0 atom stereocenters. The number of benzene rings is 1. The van der Waals surface area contributed by atoms with E-state index >= 15 is 0 Å². The lowest BCUT2D eigenvalue weighted by Crippen LogP contribution is -2.40. The number of carbonyl (C=O) groups excluding carboxylic acids is 1. The summed E-state index contributed by atoms with van der Waals surface area (Å²) >= 11 is 6.26. The highest BCUT2D eigenvalue weighted by molar-refractivity contribution is 6.31. The van der Waals surface area contributed by atoms with Crippen molar-refractivity contribution in [2.45, 2.75) is 57.7 Å². The quantitative estimate of drug-likeness (QED) is 0.811. The fraction of sp³-hybridized carbons (Fsp3) is 0.571. The monoisotopic (exact) mass is 373 g/mol. The van der Waals surface area contributed by atoms with E-state index in [0.717, 1.165) is 42.9 Å². The molecule has 2 aliphatic rings. The van der Waals surface area contributed by atoms with Gasteiger partial charge in [0, 0.05) is 47.8 Å². The van der Waals surface area contributed by atoms with Crippen LogP contribution in [0.4, 0.5) is 0 Å². The number of halogens is 1. The summed E-state index contributed by atoms with van der Waals surface area (Å²) in [5.41, 5.74) is 3.79. The van der Waals surface area contributed by atoms with Crippen LogP contribution < -0.4 is 0 Å². The lowest BCUT2D eigenvalue weighted by molar-refractivity contribution is -0.133. The molecular formula is C21H28ClN3O. The summed E-state index contributed by atoms with van der Waals surface area (Å²) in [4.78, 5) is 17.4. The molecule has 0 saturated heterocycles. The van der Waals surface area contributed by atoms with Crippen LogP contribution in [0.5, 0.6) is 0 Å². The zero-order valence-corrected chi connectivity index (χ0v) is 16.6. The number of fused-ring (bicyclic) bond motifs is 3. The third kappa shape index (κ3) is 3.25. The maximum Gasteiger partial charge on any atom is 0.242 e. The van der Waals surface area contributed by atoms with Gasteiger partial charge >= 0.3 is 0 Å². The van der Waals surface area contributed by atoms with Crippen LogP contribution in [-0.4, -0.2) is 47.0 Å². The number of amides is 1. The highest BCUT2D eigenvalue weighted by atomic mass is 35.5. The van der Waals surface area contributed by atoms with Crippen molar-refractivity contribution in [1.29, 1.82) is 0 Å². The van der Waals surface area contributed by atoms with E-state index in [2.05, 4.69) is 28.6 Å². The Bertz CT molecular complexity index is 822. The van der Waals surface area contributed by atoms with E-state index < -0.39 is 0 Å². The van der Waals surface area contributed by atoms with Gasteiger partial charge in [-0.15, -0.1) is 0 Å². The van der Waals surface area contributed by atoms with Gasteiger partial charge in [0.05, 0.1) is 0 Å². The molecule has 1 aliphatic heterocycles. The van der Waals surface area contributed by atoms with Gasteiger partial charge in [-0.25, -0.2) is 0 Å². The molecule has 1 aliphatic carbocycles. The van der Waals surface area contributed by atoms with Crippen LogP contribution in [0.1, 0.15) is 43.4 Å². The number of carbonyl (C=O) groups is 1. The van der Waals surface area contributed by atoms with Gasteiger partial charge in [-0.05, 0) is 50.1 Å². The maximum atomic E-state index is 13.1. The van der Waals surface area contributed by atoms with Crippen LogP contribution in [0.2, 0.25) is 5.02 Å². The van der Waals surface area contributed by atoms with Crippen molar-refractivity contribution in [2.24, 2.45) is 0 Å². The van der Waals surface area contributed by atoms with E-state index in [0.29, 0.717) is 12.6 Å². The first kappa shape index (κ1) is 17.9. The maximum absolute atomic E-state index is 13.1. The standard InChI is InChI=1S/C21H28ClN3O/c1-23-11-10-17-18-12-15(22)8-9-19(18)25(20(17)13-23)14-21(26)24(2)16-6-4-3-5-7-16/h8-9,12,16H,3-7,10-11,13-14H2,1-2H3. The number of rotatable bonds is 3. The van der Waals surface area contributed by atoms with Gasteiger partial charge in [0.25, 0.3) is 0 Å². The van der Waals surface area contributed by atoms with Crippen molar-refractivity contribution in [3.05, 3.63) is 34.5 Å². The molecule has 1 amide bonds. The highest BCUT2D eigenvalue weighted by Gasteiger charge is 2.26. The van der Waals surface area contributed by atoms with Crippen LogP contribution in [0.3, 0.4) is 0 Å². The average Bonchev–Trinajstić information content (AvgIpc) is 2.94. The SMILES string of the molecule is CN1CCc2c(n(CC(=O)N(C)C3CCCCC3)c3ccc(Cl)cc23)C1. The van der Waals surface area contributed by atoms with Crippen molar-refractivity contribution in [2.75, 3.05) is 20.6 Å². The molecule has 0 radical (unpaired) electrons. The summed E-state index contributed by atoms with van der Waals surface area (Å²) in [5.74, 6) is 0.222. The second-order valence-electron chi connectivity index (χ2n) is 7.96. The van der Waals surface area contributed by atoms with Gasteiger partial charge in [-0.2, -0.15) is 0 Å². The number of likely N-dealkylation sites (N-methyl/N-ethyl adjacent to an activating group) is 2. The molecule has 5 heteroatoms. The van der Waals surface area contributed by atoms with Crippen LogP contribution in [0.15, 0.2) is 18.2 Å². The predicted octanol–water partition coefficient (Wildman–Crippen LogP) is 4.07. The minimum Gasteiger partial charge on any atom is -0.341 e. The Morgan fingerprint density at radius 2 is 2.04 bits per heavy atom. The molecular weight excluding hydrogens is 346 g/mol. The molecule has 4 rings (SSSR count). The molecule has 0 N–H and O–H groups in total. The van der Waals surface area contributed by atoms with Gasteiger partial charge in [0.15, 0.2) is 0 Å². The van der Waals surface area contributed by atoms with Gasteiger partial charge in [-0.1, -0.05) is 30.9 Å². The number of hydrogen-bond donors (Lipinski definition) is 0. The third-order valence-corrected chi connectivity index (χ3v) is 6.46. The number of nitrogens with zero attached hydrogens (tertiary/aromatic N) is 3. The molecule has 0 unspecified atom stereocenters. The zero-order chi connectivity index (χ0) is 18.3. The smallest absolute Gasteiger partial charge is 0.242 e. The summed E-state index contributed by atoms with van der Waals surface area (Å²) in [7, 11) is 4.13. The Labute approximate surface area is 160 Å². The fourth-order valence-corrected chi connectivity index (χ4v) is 4.82. The van der Waals surface area contributed by atoms with E-state index in [1.54, 1.807) is 0 Å². The zero-order valence-electron chi connectivity index (χ0n) is 15.8. The molecule has 4 nitrogen and oxygen atoms in total. The minimum absolute atomic E-state index is 0.222. The molecule has 2 aromatic rings. The Balaban J connectivity index is 1.67. The van der Waals surface area contributed by atoms with Gasteiger partial charge in [0.2, 0.25) is 5.91 Å². The van der Waals surface area contributed by atoms with Crippen molar-refractivity contribution < 1.29 is 4.79 Å². The van der Waals surface area contributed by atoms with E-state index in [4.69, 9.17) is 11.6 Å². The third-order valence-electron chi connectivity index (χ3n) is 6.22. The van der Waals surface area contributed by atoms with Crippen molar-refractivity contribution in [3.63, 3.8) is 0 Å². The molecule has 2 heterocycles. The van der Waals surface area contributed by atoms with Gasteiger partial charge in [0.1, 0.15) is 6.54 Å². The summed E-state index contributed by atoms with van der Waals surface area (Å²) in [6.45, 7) is 2.37. The lowest BCUT2D eigenvalue weighted by atomic mass is 9.94. The van der Waals surface area contributed by atoms with Crippen molar-refractivity contribution >= 4 is 28.4 Å². The van der Waals surface area contributed by atoms with E-state index in [1.807, 2.05) is 18.0 Å². The molecule has 1 fully saturated rings. The van der Waals surface area contributed by atoms with Crippen LogP contribution in [0.25, 0.3) is 10.9 Å². The van der Waals surface area contributed by atoms with E-state index in [1.165, 1.54) is 35.9 Å². The molecule has 1 aromatic carbocycles. The summed E-state index contributed by atoms with van der Waals surface area (Å²) in [5, 5.41) is 1.98. The van der Waals surface area contributed by atoms with E-state index in [-0.39, 0.29) is 5.91 Å². The van der Waals surface area contributed by atoms with Crippen LogP contribution in [-0.2, 0) is 24.3 Å². The van der Waals surface area contributed by atoms with Crippen LogP contribution >= 0.6 is 11.6 Å². The van der Waals surface area contributed by atoms with Crippen LogP contribution in [0, 0.1) is 0 Å². The minimum atomic E-state index is 0.222. The second-order valence-corrected chi connectivity index (χ2v) is 8.39. The summed E-state index contributed by atoms with van der Waals surface area (Å²) in [6, 6.07) is 6.48. The lowest BCUT2D eigenvalue weighted by Gasteiger charge is -2.32. The highest BCUT2D eigenvalue weighted by Crippen LogP contribution is 2.32. The Kier molecular flexibility index (Phi) is 4.98. The fourth-order valence-electron chi connectivity index (χ4n) is 4.65. The Morgan fingerprint density at radius 1 is 1.27 bits per heavy atom.